The molecule has 1 N–H and O–H groups in total. The van der Waals surface area contributed by atoms with Crippen LogP contribution in [0.25, 0.3) is 11.3 Å². The highest BCUT2D eigenvalue weighted by Crippen LogP contribution is 2.26. The van der Waals surface area contributed by atoms with Gasteiger partial charge in [-0.3, -0.25) is 9.69 Å². The normalized spacial score (nSPS) is 22.4. The largest absolute Gasteiger partial charge is 0.373 e. The van der Waals surface area contributed by atoms with Crippen LogP contribution in [0.1, 0.15) is 31.2 Å². The maximum Gasteiger partial charge on any atom is 0.305 e. The number of benzene rings is 1. The summed E-state index contributed by atoms with van der Waals surface area (Å²) in [4.78, 5) is 18.4. The van der Waals surface area contributed by atoms with Crippen molar-refractivity contribution in [3.8, 4) is 11.3 Å². The second kappa shape index (κ2) is 6.99. The SMILES string of the molecule is CCc1ccc(-c2[nH]c(=O)sc2CN2CC(C)OC(C)C2)cc1. The molecule has 5 heteroatoms. The van der Waals surface area contributed by atoms with Gasteiger partial charge in [0.1, 0.15) is 0 Å². The molecule has 3 rings (SSSR count). The quantitative estimate of drug-likeness (QED) is 0.934. The van der Waals surface area contributed by atoms with Crippen molar-refractivity contribution in [2.75, 3.05) is 13.1 Å². The fraction of sp³-hybridized carbons (Fsp3) is 0.500. The van der Waals surface area contributed by atoms with E-state index in [1.165, 1.54) is 16.9 Å². The van der Waals surface area contributed by atoms with Crippen molar-refractivity contribution < 1.29 is 4.74 Å². The number of nitrogens with zero attached hydrogens (tertiary/aromatic N) is 1. The van der Waals surface area contributed by atoms with Crippen molar-refractivity contribution in [1.29, 1.82) is 0 Å². The molecular weight excluding hydrogens is 308 g/mol. The van der Waals surface area contributed by atoms with E-state index in [2.05, 4.69) is 54.9 Å². The van der Waals surface area contributed by atoms with Crippen LogP contribution in [0.4, 0.5) is 0 Å². The first-order valence-electron chi connectivity index (χ1n) is 8.24. The predicted octanol–water partition coefficient (Wildman–Crippen LogP) is 3.28. The van der Waals surface area contributed by atoms with Crippen molar-refractivity contribution in [2.24, 2.45) is 0 Å². The molecule has 1 fully saturated rings. The van der Waals surface area contributed by atoms with E-state index < -0.39 is 0 Å². The summed E-state index contributed by atoms with van der Waals surface area (Å²) in [5.41, 5.74) is 3.36. The number of hydrogen-bond donors (Lipinski definition) is 1. The summed E-state index contributed by atoms with van der Waals surface area (Å²) in [5, 5.41) is 0. The first kappa shape index (κ1) is 16.4. The van der Waals surface area contributed by atoms with Crippen molar-refractivity contribution in [1.82, 2.24) is 9.88 Å². The number of hydrogen-bond acceptors (Lipinski definition) is 4. The van der Waals surface area contributed by atoms with Crippen LogP contribution < -0.4 is 4.87 Å². The lowest BCUT2D eigenvalue weighted by molar-refractivity contribution is -0.0702. The molecule has 2 atom stereocenters. The summed E-state index contributed by atoms with van der Waals surface area (Å²) in [7, 11) is 0. The van der Waals surface area contributed by atoms with Gasteiger partial charge in [-0.1, -0.05) is 42.5 Å². The van der Waals surface area contributed by atoms with Gasteiger partial charge in [-0.25, -0.2) is 0 Å². The summed E-state index contributed by atoms with van der Waals surface area (Å²) < 4.78 is 5.79. The zero-order valence-electron chi connectivity index (χ0n) is 14.0. The van der Waals surface area contributed by atoms with Gasteiger partial charge >= 0.3 is 4.87 Å². The maximum absolute atomic E-state index is 11.9. The monoisotopic (exact) mass is 332 g/mol. The number of ether oxygens (including phenoxy) is 1. The lowest BCUT2D eigenvalue weighted by Gasteiger charge is -2.35. The number of morpholine rings is 1. The number of aromatic amines is 1. The van der Waals surface area contributed by atoms with Gasteiger partial charge in [-0.05, 0) is 31.4 Å². The van der Waals surface area contributed by atoms with E-state index in [1.807, 2.05) is 0 Å². The molecule has 1 aromatic heterocycles. The van der Waals surface area contributed by atoms with Gasteiger partial charge in [-0.15, -0.1) is 0 Å². The minimum absolute atomic E-state index is 0.0175. The first-order valence-corrected chi connectivity index (χ1v) is 9.06. The third-order valence-electron chi connectivity index (χ3n) is 4.24. The Morgan fingerprint density at radius 2 is 1.87 bits per heavy atom. The lowest BCUT2D eigenvalue weighted by Crippen LogP contribution is -2.44. The van der Waals surface area contributed by atoms with E-state index in [1.54, 1.807) is 0 Å². The Kier molecular flexibility index (Phi) is 4.99. The van der Waals surface area contributed by atoms with Crippen LogP contribution in [0.3, 0.4) is 0 Å². The van der Waals surface area contributed by atoms with Gasteiger partial charge in [-0.2, -0.15) is 0 Å². The van der Waals surface area contributed by atoms with E-state index in [-0.39, 0.29) is 17.1 Å². The number of thiazole rings is 1. The molecule has 0 radical (unpaired) electrons. The van der Waals surface area contributed by atoms with Crippen molar-refractivity contribution in [3.05, 3.63) is 44.4 Å². The van der Waals surface area contributed by atoms with Gasteiger partial charge in [0, 0.05) is 24.5 Å². The Bertz CT molecular complexity index is 695. The second-order valence-corrected chi connectivity index (χ2v) is 7.38. The van der Waals surface area contributed by atoms with E-state index in [9.17, 15) is 4.79 Å². The van der Waals surface area contributed by atoms with Crippen molar-refractivity contribution in [3.63, 3.8) is 0 Å². The Morgan fingerprint density at radius 3 is 2.48 bits per heavy atom. The topological polar surface area (TPSA) is 45.3 Å². The van der Waals surface area contributed by atoms with Crippen LogP contribution in [0.2, 0.25) is 0 Å². The Labute approximate surface area is 141 Å². The molecule has 1 aromatic carbocycles. The first-order chi connectivity index (χ1) is 11.0. The van der Waals surface area contributed by atoms with Crippen molar-refractivity contribution in [2.45, 2.75) is 45.9 Å². The van der Waals surface area contributed by atoms with Gasteiger partial charge < -0.3 is 9.72 Å². The molecule has 2 unspecified atom stereocenters. The highest BCUT2D eigenvalue weighted by atomic mass is 32.1. The Hall–Kier alpha value is -1.43. The molecule has 2 heterocycles. The number of aromatic nitrogens is 1. The molecule has 1 aliphatic rings. The van der Waals surface area contributed by atoms with Crippen LogP contribution in [0.5, 0.6) is 0 Å². The van der Waals surface area contributed by atoms with Gasteiger partial charge in [0.15, 0.2) is 0 Å². The van der Waals surface area contributed by atoms with Crippen molar-refractivity contribution >= 4 is 11.3 Å². The summed E-state index contributed by atoms with van der Waals surface area (Å²) in [6.07, 6.45) is 1.50. The molecule has 1 saturated heterocycles. The summed E-state index contributed by atoms with van der Waals surface area (Å²) in [6, 6.07) is 8.47. The Balaban J connectivity index is 1.84. The minimum Gasteiger partial charge on any atom is -0.373 e. The zero-order valence-corrected chi connectivity index (χ0v) is 14.8. The zero-order chi connectivity index (χ0) is 16.4. The van der Waals surface area contributed by atoms with Crippen LogP contribution in [-0.2, 0) is 17.7 Å². The predicted molar refractivity (Wildman–Crippen MR) is 95.0 cm³/mol. The number of H-pyrrole nitrogens is 1. The summed E-state index contributed by atoms with van der Waals surface area (Å²) >= 11 is 1.32. The molecule has 0 aliphatic carbocycles. The third-order valence-corrected chi connectivity index (χ3v) is 5.10. The third kappa shape index (κ3) is 3.91. The average molecular weight is 332 g/mol. The number of nitrogens with one attached hydrogen (secondary N) is 1. The molecule has 0 bridgehead atoms. The summed E-state index contributed by atoms with van der Waals surface area (Å²) in [5.74, 6) is 0. The molecule has 124 valence electrons. The fourth-order valence-electron chi connectivity index (χ4n) is 3.23. The Morgan fingerprint density at radius 1 is 1.22 bits per heavy atom. The van der Waals surface area contributed by atoms with Crippen LogP contribution in [0, 0.1) is 0 Å². The molecule has 23 heavy (non-hydrogen) atoms. The molecule has 0 saturated carbocycles. The van der Waals surface area contributed by atoms with E-state index in [0.29, 0.717) is 0 Å². The molecule has 0 spiro atoms. The highest BCUT2D eigenvalue weighted by Gasteiger charge is 2.23. The van der Waals surface area contributed by atoms with Crippen LogP contribution >= 0.6 is 11.3 Å². The second-order valence-electron chi connectivity index (χ2n) is 6.31. The minimum atomic E-state index is 0.0175. The van der Waals surface area contributed by atoms with E-state index >= 15 is 0 Å². The van der Waals surface area contributed by atoms with Crippen LogP contribution in [0.15, 0.2) is 29.1 Å². The fourth-order valence-corrected chi connectivity index (χ4v) is 4.12. The summed E-state index contributed by atoms with van der Waals surface area (Å²) in [6.45, 7) is 8.97. The standard InChI is InChI=1S/C18H24N2O2S/c1-4-14-5-7-15(8-6-14)17-16(23-18(21)19-17)11-20-9-12(2)22-13(3)10-20/h5-8,12-13H,4,9-11H2,1-3H3,(H,19,21). The van der Waals surface area contributed by atoms with Gasteiger partial charge in [0.05, 0.1) is 17.9 Å². The molecule has 1 aliphatic heterocycles. The molecule has 0 amide bonds. The maximum atomic E-state index is 11.9. The molecule has 4 nitrogen and oxygen atoms in total. The average Bonchev–Trinajstić information content (AvgIpc) is 2.87. The van der Waals surface area contributed by atoms with Gasteiger partial charge in [0.2, 0.25) is 0 Å². The van der Waals surface area contributed by atoms with Crippen LogP contribution in [-0.4, -0.2) is 35.2 Å². The number of aryl methyl sites for hydroxylation is 1. The van der Waals surface area contributed by atoms with Gasteiger partial charge in [0.25, 0.3) is 0 Å². The molecular formula is C18H24N2O2S. The number of rotatable bonds is 4. The highest BCUT2D eigenvalue weighted by molar-refractivity contribution is 7.09. The van der Waals surface area contributed by atoms with E-state index in [0.717, 1.165) is 42.2 Å². The molecule has 2 aromatic rings. The van der Waals surface area contributed by atoms with E-state index in [4.69, 9.17) is 4.74 Å². The smallest absolute Gasteiger partial charge is 0.305 e. The lowest BCUT2D eigenvalue weighted by atomic mass is 10.1.